The van der Waals surface area contributed by atoms with Crippen molar-refractivity contribution < 1.29 is 9.21 Å². The number of carbonyl (C=O) groups is 1. The minimum absolute atomic E-state index is 0.256. The zero-order valence-electron chi connectivity index (χ0n) is 11.8. The molecule has 0 aliphatic rings. The average Bonchev–Trinajstić information content (AvgIpc) is 2.82. The fourth-order valence-electron chi connectivity index (χ4n) is 2.25. The van der Waals surface area contributed by atoms with E-state index in [1.54, 1.807) is 42.5 Å². The van der Waals surface area contributed by atoms with E-state index in [9.17, 15) is 9.59 Å². The molecule has 0 atom stereocenters. The predicted octanol–water partition coefficient (Wildman–Crippen LogP) is 3.52. The van der Waals surface area contributed by atoms with Crippen molar-refractivity contribution in [2.24, 2.45) is 0 Å². The summed E-state index contributed by atoms with van der Waals surface area (Å²) >= 11 is 5.80. The Hall–Kier alpha value is -2.53. The molecule has 0 saturated heterocycles. The summed E-state index contributed by atoms with van der Waals surface area (Å²) in [6.45, 7) is 2.40. The van der Waals surface area contributed by atoms with Gasteiger partial charge in [-0.3, -0.25) is 9.36 Å². The van der Waals surface area contributed by atoms with Crippen LogP contribution in [0.3, 0.4) is 0 Å². The van der Waals surface area contributed by atoms with Gasteiger partial charge in [-0.25, -0.2) is 4.79 Å². The van der Waals surface area contributed by atoms with Crippen LogP contribution in [0.1, 0.15) is 17.3 Å². The maximum Gasteiger partial charge on any atom is 0.419 e. The summed E-state index contributed by atoms with van der Waals surface area (Å²) in [7, 11) is 0. The van der Waals surface area contributed by atoms with Crippen molar-refractivity contribution in [2.75, 3.05) is 5.32 Å². The predicted molar refractivity (Wildman–Crippen MR) is 85.6 cm³/mol. The van der Waals surface area contributed by atoms with Crippen LogP contribution in [0.2, 0.25) is 5.02 Å². The first-order chi connectivity index (χ1) is 10.6. The van der Waals surface area contributed by atoms with Crippen molar-refractivity contribution in [2.45, 2.75) is 13.5 Å². The number of nitrogens with zero attached hydrogens (tertiary/aromatic N) is 1. The average molecular weight is 317 g/mol. The van der Waals surface area contributed by atoms with E-state index in [0.717, 1.165) is 0 Å². The van der Waals surface area contributed by atoms with Crippen LogP contribution in [-0.2, 0) is 6.54 Å². The molecule has 112 valence electrons. The van der Waals surface area contributed by atoms with E-state index < -0.39 is 5.76 Å². The van der Waals surface area contributed by atoms with Crippen LogP contribution in [-0.4, -0.2) is 10.5 Å². The fraction of sp³-hybridized carbons (Fsp3) is 0.125. The number of hydrogen-bond acceptors (Lipinski definition) is 3. The van der Waals surface area contributed by atoms with Gasteiger partial charge in [0.25, 0.3) is 5.91 Å². The number of halogens is 1. The van der Waals surface area contributed by atoms with Crippen LogP contribution in [0.5, 0.6) is 0 Å². The van der Waals surface area contributed by atoms with Crippen LogP contribution in [0.25, 0.3) is 11.1 Å². The van der Waals surface area contributed by atoms with Gasteiger partial charge in [0.2, 0.25) is 0 Å². The van der Waals surface area contributed by atoms with Crippen molar-refractivity contribution in [3.05, 3.63) is 63.6 Å². The minimum atomic E-state index is -0.404. The maximum atomic E-state index is 12.1. The Morgan fingerprint density at radius 2 is 1.95 bits per heavy atom. The standard InChI is InChI=1S/C16H13ClN2O3/c1-2-19-13-8-7-12(9-14(13)22-16(19)21)18-15(20)10-3-5-11(17)6-4-10/h3-9H,2H2,1H3,(H,18,20). The third-order valence-corrected chi connectivity index (χ3v) is 3.60. The summed E-state index contributed by atoms with van der Waals surface area (Å²) in [5.74, 6) is -0.660. The van der Waals surface area contributed by atoms with Crippen LogP contribution in [0.15, 0.2) is 51.7 Å². The fourth-order valence-corrected chi connectivity index (χ4v) is 2.37. The van der Waals surface area contributed by atoms with Crippen molar-refractivity contribution in [3.8, 4) is 0 Å². The van der Waals surface area contributed by atoms with Gasteiger partial charge < -0.3 is 9.73 Å². The van der Waals surface area contributed by atoms with Gasteiger partial charge in [0, 0.05) is 28.9 Å². The summed E-state index contributed by atoms with van der Waals surface area (Å²) in [5, 5.41) is 3.33. The molecule has 0 unspecified atom stereocenters. The molecular weight excluding hydrogens is 304 g/mol. The van der Waals surface area contributed by atoms with E-state index in [1.807, 2.05) is 6.92 Å². The van der Waals surface area contributed by atoms with Gasteiger partial charge >= 0.3 is 5.76 Å². The lowest BCUT2D eigenvalue weighted by Gasteiger charge is -2.05. The summed E-state index contributed by atoms with van der Waals surface area (Å²) in [4.78, 5) is 23.8. The lowest BCUT2D eigenvalue weighted by atomic mass is 10.2. The zero-order chi connectivity index (χ0) is 15.7. The molecule has 0 aliphatic heterocycles. The lowest BCUT2D eigenvalue weighted by Crippen LogP contribution is -2.12. The Balaban J connectivity index is 1.89. The molecule has 22 heavy (non-hydrogen) atoms. The van der Waals surface area contributed by atoms with Crippen LogP contribution in [0.4, 0.5) is 5.69 Å². The molecule has 6 heteroatoms. The molecule has 0 spiro atoms. The number of benzene rings is 2. The number of aromatic nitrogens is 1. The molecular formula is C16H13ClN2O3. The van der Waals surface area contributed by atoms with Gasteiger partial charge in [0.15, 0.2) is 5.58 Å². The molecule has 2 aromatic carbocycles. The molecule has 0 fully saturated rings. The van der Waals surface area contributed by atoms with Gasteiger partial charge in [-0.15, -0.1) is 0 Å². The maximum absolute atomic E-state index is 12.1. The highest BCUT2D eigenvalue weighted by atomic mass is 35.5. The molecule has 0 bridgehead atoms. The third-order valence-electron chi connectivity index (χ3n) is 3.35. The van der Waals surface area contributed by atoms with Crippen molar-refractivity contribution in [1.82, 2.24) is 4.57 Å². The molecule has 5 nitrogen and oxygen atoms in total. The topological polar surface area (TPSA) is 64.2 Å². The monoisotopic (exact) mass is 316 g/mol. The molecule has 1 heterocycles. The Morgan fingerprint density at radius 1 is 1.23 bits per heavy atom. The highest BCUT2D eigenvalue weighted by Gasteiger charge is 2.10. The SMILES string of the molecule is CCn1c(=O)oc2cc(NC(=O)c3ccc(Cl)cc3)ccc21. The molecule has 1 aromatic heterocycles. The smallest absolute Gasteiger partial charge is 0.408 e. The van der Waals surface area contributed by atoms with Crippen molar-refractivity contribution in [3.63, 3.8) is 0 Å². The number of amides is 1. The first kappa shape index (κ1) is 14.4. The first-order valence-corrected chi connectivity index (χ1v) is 7.16. The van der Waals surface area contributed by atoms with Crippen LogP contribution >= 0.6 is 11.6 Å². The van der Waals surface area contributed by atoms with E-state index in [1.165, 1.54) is 4.57 Å². The highest BCUT2D eigenvalue weighted by molar-refractivity contribution is 6.30. The molecule has 3 aromatic rings. The second-order valence-electron chi connectivity index (χ2n) is 4.76. The van der Waals surface area contributed by atoms with E-state index in [2.05, 4.69) is 5.32 Å². The van der Waals surface area contributed by atoms with Crippen LogP contribution < -0.4 is 11.1 Å². The molecule has 3 rings (SSSR count). The minimum Gasteiger partial charge on any atom is -0.408 e. The first-order valence-electron chi connectivity index (χ1n) is 6.79. The summed E-state index contributed by atoms with van der Waals surface area (Å²) in [6.07, 6.45) is 0. The Labute approximate surface area is 131 Å². The Morgan fingerprint density at radius 3 is 2.64 bits per heavy atom. The lowest BCUT2D eigenvalue weighted by molar-refractivity contribution is 0.102. The van der Waals surface area contributed by atoms with E-state index >= 15 is 0 Å². The number of fused-ring (bicyclic) bond motifs is 1. The number of oxazole rings is 1. The highest BCUT2D eigenvalue weighted by Crippen LogP contribution is 2.19. The van der Waals surface area contributed by atoms with Crippen molar-refractivity contribution >= 4 is 34.3 Å². The summed E-state index contributed by atoms with van der Waals surface area (Å²) < 4.78 is 6.70. The van der Waals surface area contributed by atoms with E-state index in [0.29, 0.717) is 33.9 Å². The Bertz CT molecular complexity index is 894. The molecule has 1 N–H and O–H groups in total. The largest absolute Gasteiger partial charge is 0.419 e. The number of rotatable bonds is 3. The number of carbonyl (C=O) groups excluding carboxylic acids is 1. The second kappa shape index (κ2) is 5.69. The molecule has 0 aliphatic carbocycles. The van der Waals surface area contributed by atoms with Gasteiger partial charge in [0.05, 0.1) is 5.52 Å². The quantitative estimate of drug-likeness (QED) is 0.804. The number of hydrogen-bond donors (Lipinski definition) is 1. The van der Waals surface area contributed by atoms with Crippen molar-refractivity contribution in [1.29, 1.82) is 0 Å². The van der Waals surface area contributed by atoms with E-state index in [4.69, 9.17) is 16.0 Å². The number of anilines is 1. The summed E-state index contributed by atoms with van der Waals surface area (Å²) in [6, 6.07) is 11.7. The van der Waals surface area contributed by atoms with E-state index in [-0.39, 0.29) is 5.91 Å². The Kier molecular flexibility index (Phi) is 3.73. The summed E-state index contributed by atoms with van der Waals surface area (Å²) in [5.41, 5.74) is 2.21. The van der Waals surface area contributed by atoms with Crippen LogP contribution in [0, 0.1) is 0 Å². The normalized spacial score (nSPS) is 10.8. The number of aryl methyl sites for hydroxylation is 1. The second-order valence-corrected chi connectivity index (χ2v) is 5.19. The molecule has 0 radical (unpaired) electrons. The number of nitrogens with one attached hydrogen (secondary N) is 1. The molecule has 1 amide bonds. The third kappa shape index (κ3) is 2.63. The molecule has 0 saturated carbocycles. The van der Waals surface area contributed by atoms with Gasteiger partial charge in [-0.05, 0) is 43.3 Å². The van der Waals surface area contributed by atoms with Gasteiger partial charge in [-0.1, -0.05) is 11.6 Å². The zero-order valence-corrected chi connectivity index (χ0v) is 12.6. The van der Waals surface area contributed by atoms with Gasteiger partial charge in [0.1, 0.15) is 0 Å². The van der Waals surface area contributed by atoms with Gasteiger partial charge in [-0.2, -0.15) is 0 Å².